The molecule has 1 aromatic rings. The van der Waals surface area contributed by atoms with Crippen molar-refractivity contribution in [3.05, 3.63) is 35.4 Å². The van der Waals surface area contributed by atoms with Crippen LogP contribution >= 0.6 is 0 Å². The minimum absolute atomic E-state index is 0.0585. The van der Waals surface area contributed by atoms with Gasteiger partial charge in [-0.3, -0.25) is 4.79 Å². The summed E-state index contributed by atoms with van der Waals surface area (Å²) in [6, 6.07) is 8.19. The predicted molar refractivity (Wildman–Crippen MR) is 84.4 cm³/mol. The highest BCUT2D eigenvalue weighted by atomic mass is 32.2. The Labute approximate surface area is 127 Å². The van der Waals surface area contributed by atoms with Crippen LogP contribution in [0.1, 0.15) is 43.2 Å². The highest BCUT2D eigenvalue weighted by molar-refractivity contribution is 7.89. The Balaban J connectivity index is 2.42. The number of aryl methyl sites for hydroxylation is 1. The predicted octanol–water partition coefficient (Wildman–Crippen LogP) is 1.67. The quantitative estimate of drug-likeness (QED) is 0.716. The van der Waals surface area contributed by atoms with Crippen molar-refractivity contribution in [1.82, 2.24) is 5.32 Å². The number of carbonyl (C=O) groups is 1. The zero-order valence-electron chi connectivity index (χ0n) is 12.6. The number of nitrogens with two attached hydrogens (primary N) is 1. The number of hydrogen-bond donors (Lipinski definition) is 2. The second-order valence-electron chi connectivity index (χ2n) is 5.29. The van der Waals surface area contributed by atoms with Gasteiger partial charge < -0.3 is 5.32 Å². The molecule has 3 N–H and O–H groups in total. The summed E-state index contributed by atoms with van der Waals surface area (Å²) in [6.45, 7) is 4.42. The van der Waals surface area contributed by atoms with Crippen molar-refractivity contribution >= 4 is 15.9 Å². The maximum Gasteiger partial charge on any atom is 0.220 e. The summed E-state index contributed by atoms with van der Waals surface area (Å²) in [5.41, 5.74) is 2.35. The van der Waals surface area contributed by atoms with Crippen LogP contribution in [0.5, 0.6) is 0 Å². The highest BCUT2D eigenvalue weighted by Gasteiger charge is 2.14. The number of benzene rings is 1. The Hall–Kier alpha value is -1.40. The van der Waals surface area contributed by atoms with Crippen LogP contribution in [0.15, 0.2) is 24.3 Å². The van der Waals surface area contributed by atoms with E-state index in [1.54, 1.807) is 0 Å². The van der Waals surface area contributed by atoms with Crippen LogP contribution in [0.4, 0.5) is 0 Å². The van der Waals surface area contributed by atoms with Gasteiger partial charge in [-0.1, -0.05) is 36.8 Å². The molecule has 118 valence electrons. The number of nitrogens with one attached hydrogen (secondary N) is 1. The van der Waals surface area contributed by atoms with Gasteiger partial charge >= 0.3 is 0 Å². The van der Waals surface area contributed by atoms with E-state index in [0.29, 0.717) is 19.4 Å². The number of primary sulfonamides is 1. The molecule has 1 amide bonds. The van der Waals surface area contributed by atoms with Crippen molar-refractivity contribution in [3.8, 4) is 0 Å². The van der Waals surface area contributed by atoms with Crippen molar-refractivity contribution in [3.63, 3.8) is 0 Å². The van der Waals surface area contributed by atoms with Crippen LogP contribution in [-0.4, -0.2) is 26.6 Å². The number of carbonyl (C=O) groups excluding carboxylic acids is 1. The molecular formula is C15H24N2O3S. The van der Waals surface area contributed by atoms with Gasteiger partial charge in [-0.2, -0.15) is 0 Å². The van der Waals surface area contributed by atoms with Crippen molar-refractivity contribution < 1.29 is 13.2 Å². The first kappa shape index (κ1) is 17.7. The van der Waals surface area contributed by atoms with Crippen LogP contribution in [0.3, 0.4) is 0 Å². The van der Waals surface area contributed by atoms with E-state index in [-0.39, 0.29) is 17.6 Å². The second-order valence-corrected chi connectivity index (χ2v) is 7.02. The molecule has 0 aliphatic heterocycles. The molecule has 21 heavy (non-hydrogen) atoms. The molecule has 0 radical (unpaired) electrons. The van der Waals surface area contributed by atoms with Crippen LogP contribution in [0, 0.1) is 6.92 Å². The number of hydrogen-bond acceptors (Lipinski definition) is 3. The molecule has 1 aromatic carbocycles. The lowest BCUT2D eigenvalue weighted by Gasteiger charge is -2.15. The van der Waals surface area contributed by atoms with Gasteiger partial charge in [0.25, 0.3) is 0 Å². The van der Waals surface area contributed by atoms with E-state index < -0.39 is 10.0 Å². The van der Waals surface area contributed by atoms with Crippen LogP contribution in [0.2, 0.25) is 0 Å². The molecule has 0 heterocycles. The first-order valence-electron chi connectivity index (χ1n) is 7.15. The molecule has 0 aliphatic carbocycles. The maximum absolute atomic E-state index is 11.9. The van der Waals surface area contributed by atoms with Gasteiger partial charge in [-0.05, 0) is 31.2 Å². The summed E-state index contributed by atoms with van der Waals surface area (Å²) in [6.07, 6.45) is 1.63. The topological polar surface area (TPSA) is 89.3 Å². The Morgan fingerprint density at radius 1 is 1.29 bits per heavy atom. The summed E-state index contributed by atoms with van der Waals surface area (Å²) in [5, 5.41) is 7.64. The minimum atomic E-state index is -3.45. The first-order valence-corrected chi connectivity index (χ1v) is 8.87. The minimum Gasteiger partial charge on any atom is -0.356 e. The third kappa shape index (κ3) is 7.24. The molecule has 1 atom stereocenters. The average molecular weight is 312 g/mol. The van der Waals surface area contributed by atoms with Crippen molar-refractivity contribution in [1.29, 1.82) is 0 Å². The van der Waals surface area contributed by atoms with Crippen LogP contribution in [-0.2, 0) is 14.8 Å². The van der Waals surface area contributed by atoms with Crippen molar-refractivity contribution in [2.24, 2.45) is 5.14 Å². The Morgan fingerprint density at radius 2 is 1.90 bits per heavy atom. The molecule has 6 heteroatoms. The largest absolute Gasteiger partial charge is 0.356 e. The monoisotopic (exact) mass is 312 g/mol. The fourth-order valence-corrected chi connectivity index (χ4v) is 2.68. The standard InChI is InChI=1S/C15H24N2O3S/c1-3-13(14-7-5-12(2)6-8-14)11-15(18)17-9-4-10-21(16,19)20/h5-8,13H,3-4,9-11H2,1-2H3,(H,17,18)(H2,16,19,20)/t13-/m0/s1. The van der Waals surface area contributed by atoms with Crippen LogP contribution < -0.4 is 10.5 Å². The van der Waals surface area contributed by atoms with E-state index >= 15 is 0 Å². The third-order valence-electron chi connectivity index (χ3n) is 3.40. The van der Waals surface area contributed by atoms with Gasteiger partial charge in [0, 0.05) is 13.0 Å². The third-order valence-corrected chi connectivity index (χ3v) is 4.26. The molecule has 0 saturated carbocycles. The molecule has 0 spiro atoms. The van der Waals surface area contributed by atoms with E-state index in [2.05, 4.69) is 24.4 Å². The van der Waals surface area contributed by atoms with Crippen molar-refractivity contribution in [2.75, 3.05) is 12.3 Å². The lowest BCUT2D eigenvalue weighted by molar-refractivity contribution is -0.121. The highest BCUT2D eigenvalue weighted by Crippen LogP contribution is 2.23. The molecule has 0 bridgehead atoms. The fourth-order valence-electron chi connectivity index (χ4n) is 2.13. The number of sulfonamides is 1. The zero-order valence-corrected chi connectivity index (χ0v) is 13.4. The lowest BCUT2D eigenvalue weighted by Crippen LogP contribution is -2.28. The molecule has 0 fully saturated rings. The Kier molecular flexibility index (Phi) is 6.84. The van der Waals surface area contributed by atoms with Gasteiger partial charge in [0.15, 0.2) is 0 Å². The van der Waals surface area contributed by atoms with Gasteiger partial charge in [-0.25, -0.2) is 13.6 Å². The van der Waals surface area contributed by atoms with Gasteiger partial charge in [0.2, 0.25) is 15.9 Å². The second kappa shape index (κ2) is 8.14. The van der Waals surface area contributed by atoms with Crippen LogP contribution in [0.25, 0.3) is 0 Å². The lowest BCUT2D eigenvalue weighted by atomic mass is 9.92. The van der Waals surface area contributed by atoms with E-state index in [0.717, 1.165) is 12.0 Å². The molecule has 0 unspecified atom stereocenters. The molecular weight excluding hydrogens is 288 g/mol. The SMILES string of the molecule is CC[C@@H](CC(=O)NCCCS(N)(=O)=O)c1ccc(C)cc1. The van der Waals surface area contributed by atoms with E-state index in [9.17, 15) is 13.2 Å². The maximum atomic E-state index is 11.9. The number of amides is 1. The Morgan fingerprint density at radius 3 is 2.43 bits per heavy atom. The van der Waals surface area contributed by atoms with Gasteiger partial charge in [0.1, 0.15) is 0 Å². The normalized spacial score (nSPS) is 12.9. The van der Waals surface area contributed by atoms with E-state index in [1.807, 2.05) is 19.1 Å². The number of rotatable bonds is 8. The van der Waals surface area contributed by atoms with Crippen molar-refractivity contribution in [2.45, 2.75) is 39.0 Å². The summed E-state index contributed by atoms with van der Waals surface area (Å²) in [5.74, 6) is 0.0170. The summed E-state index contributed by atoms with van der Waals surface area (Å²) in [7, 11) is -3.45. The average Bonchev–Trinajstić information content (AvgIpc) is 2.41. The first-order chi connectivity index (χ1) is 9.81. The molecule has 5 nitrogen and oxygen atoms in total. The van der Waals surface area contributed by atoms with Gasteiger partial charge in [-0.15, -0.1) is 0 Å². The zero-order chi connectivity index (χ0) is 15.9. The molecule has 0 aliphatic rings. The fraction of sp³-hybridized carbons (Fsp3) is 0.533. The van der Waals surface area contributed by atoms with E-state index in [4.69, 9.17) is 5.14 Å². The molecule has 0 saturated heterocycles. The smallest absolute Gasteiger partial charge is 0.220 e. The van der Waals surface area contributed by atoms with Gasteiger partial charge in [0.05, 0.1) is 5.75 Å². The Bertz CT molecular complexity index is 553. The molecule has 0 aromatic heterocycles. The summed E-state index contributed by atoms with van der Waals surface area (Å²) >= 11 is 0. The summed E-state index contributed by atoms with van der Waals surface area (Å²) in [4.78, 5) is 11.9. The summed E-state index contributed by atoms with van der Waals surface area (Å²) < 4.78 is 21.6. The molecule has 1 rings (SSSR count). The van der Waals surface area contributed by atoms with E-state index in [1.165, 1.54) is 5.56 Å².